The zero-order valence-electron chi connectivity index (χ0n) is 9.13. The van der Waals surface area contributed by atoms with Crippen molar-refractivity contribution >= 4 is 39.5 Å². The number of fused-ring (bicyclic) bond motifs is 1. The van der Waals surface area contributed by atoms with Gasteiger partial charge in [0.05, 0.1) is 0 Å². The van der Waals surface area contributed by atoms with Gasteiger partial charge in [0, 0.05) is 23.6 Å². The predicted octanol–water partition coefficient (Wildman–Crippen LogP) is 0.938. The Hall–Kier alpha value is -1.96. The van der Waals surface area contributed by atoms with Crippen molar-refractivity contribution in [2.24, 2.45) is 0 Å². The van der Waals surface area contributed by atoms with Crippen LogP contribution in [0.5, 0.6) is 0 Å². The average Bonchev–Trinajstić information content (AvgIpc) is 2.71. The van der Waals surface area contributed by atoms with Gasteiger partial charge < -0.3 is 0 Å². The van der Waals surface area contributed by atoms with Crippen LogP contribution in [0, 0.1) is 0 Å². The van der Waals surface area contributed by atoms with Crippen LogP contribution in [0.3, 0.4) is 0 Å². The second-order valence-electron chi connectivity index (χ2n) is 3.82. The number of carbonyl (C=O) groups is 2. The van der Waals surface area contributed by atoms with Crippen molar-refractivity contribution in [3.05, 3.63) is 22.8 Å². The number of halogens is 1. The van der Waals surface area contributed by atoms with Gasteiger partial charge in [0.25, 0.3) is 5.95 Å². The summed E-state index contributed by atoms with van der Waals surface area (Å²) < 4.78 is 2.44. The summed E-state index contributed by atoms with van der Waals surface area (Å²) in [5, 5.41) is 6.44. The highest BCUT2D eigenvalue weighted by atomic mass is 79.9. The van der Waals surface area contributed by atoms with Gasteiger partial charge in [-0.2, -0.15) is 4.98 Å². The Morgan fingerprint density at radius 2 is 2.17 bits per heavy atom. The van der Waals surface area contributed by atoms with Gasteiger partial charge in [-0.15, -0.1) is 5.10 Å². The van der Waals surface area contributed by atoms with Crippen LogP contribution >= 0.6 is 15.9 Å². The summed E-state index contributed by atoms with van der Waals surface area (Å²) in [6.45, 7) is 0.294. The number of hydrogen-bond acceptors (Lipinski definition) is 4. The van der Waals surface area contributed by atoms with E-state index >= 15 is 0 Å². The molecule has 3 rings (SSSR count). The molecule has 3 amide bonds. The van der Waals surface area contributed by atoms with E-state index in [9.17, 15) is 9.59 Å². The second-order valence-corrected chi connectivity index (χ2v) is 4.73. The lowest BCUT2D eigenvalue weighted by Gasteiger charge is -2.22. The molecule has 18 heavy (non-hydrogen) atoms. The van der Waals surface area contributed by atoms with E-state index in [-0.39, 0.29) is 18.3 Å². The Balaban J connectivity index is 1.99. The highest BCUT2D eigenvalue weighted by Gasteiger charge is 2.27. The van der Waals surface area contributed by atoms with Crippen LogP contribution in [0.25, 0.3) is 5.65 Å². The number of amides is 3. The number of hydrogen-bond donors (Lipinski definition) is 1. The third-order valence-corrected chi connectivity index (χ3v) is 3.05. The summed E-state index contributed by atoms with van der Waals surface area (Å²) in [6, 6.07) is 3.14. The molecule has 0 radical (unpaired) electrons. The highest BCUT2D eigenvalue weighted by molar-refractivity contribution is 9.10. The molecule has 7 nitrogen and oxygen atoms in total. The molecule has 92 valence electrons. The number of nitrogens with zero attached hydrogens (tertiary/aromatic N) is 4. The van der Waals surface area contributed by atoms with Crippen LogP contribution in [0.15, 0.2) is 22.8 Å². The largest absolute Gasteiger partial charge is 0.330 e. The van der Waals surface area contributed by atoms with E-state index in [1.807, 2.05) is 6.07 Å². The molecule has 0 atom stereocenters. The number of nitrogens with one attached hydrogen (secondary N) is 1. The SMILES string of the molecule is O=C1CCN(c2nc3ccc(Br)cn3n2)C(=O)N1. The van der Waals surface area contributed by atoms with Crippen LogP contribution in [0.2, 0.25) is 0 Å². The minimum Gasteiger partial charge on any atom is -0.278 e. The molecule has 1 aliphatic heterocycles. The van der Waals surface area contributed by atoms with Gasteiger partial charge >= 0.3 is 6.03 Å². The fourth-order valence-corrected chi connectivity index (χ4v) is 2.04. The second kappa shape index (κ2) is 4.05. The zero-order valence-corrected chi connectivity index (χ0v) is 10.7. The normalized spacial score (nSPS) is 16.2. The molecule has 1 aliphatic rings. The van der Waals surface area contributed by atoms with E-state index in [0.29, 0.717) is 12.2 Å². The molecule has 1 fully saturated rings. The molecule has 0 unspecified atom stereocenters. The van der Waals surface area contributed by atoms with E-state index in [2.05, 4.69) is 31.3 Å². The van der Waals surface area contributed by atoms with Crippen molar-refractivity contribution < 1.29 is 9.59 Å². The van der Waals surface area contributed by atoms with Crippen molar-refractivity contribution in [2.75, 3.05) is 11.4 Å². The lowest BCUT2D eigenvalue weighted by Crippen LogP contribution is -2.50. The zero-order chi connectivity index (χ0) is 12.7. The van der Waals surface area contributed by atoms with Gasteiger partial charge in [0.1, 0.15) is 0 Å². The van der Waals surface area contributed by atoms with E-state index < -0.39 is 6.03 Å². The maximum absolute atomic E-state index is 11.6. The number of rotatable bonds is 1. The van der Waals surface area contributed by atoms with Crippen molar-refractivity contribution in [1.82, 2.24) is 19.9 Å². The number of imide groups is 1. The monoisotopic (exact) mass is 309 g/mol. The first-order chi connectivity index (χ1) is 8.63. The first kappa shape index (κ1) is 11.1. The maximum Gasteiger partial charge on any atom is 0.330 e. The van der Waals surface area contributed by atoms with Gasteiger partial charge in [-0.3, -0.25) is 15.0 Å². The Kier molecular flexibility index (Phi) is 2.51. The van der Waals surface area contributed by atoms with Gasteiger partial charge in [0.15, 0.2) is 5.65 Å². The Morgan fingerprint density at radius 1 is 1.33 bits per heavy atom. The molecule has 1 saturated heterocycles. The fourth-order valence-electron chi connectivity index (χ4n) is 1.72. The average molecular weight is 310 g/mol. The smallest absolute Gasteiger partial charge is 0.278 e. The van der Waals surface area contributed by atoms with E-state index in [1.54, 1.807) is 16.8 Å². The molecular weight excluding hydrogens is 302 g/mol. The van der Waals surface area contributed by atoms with Crippen LogP contribution in [-0.2, 0) is 4.79 Å². The van der Waals surface area contributed by atoms with E-state index in [4.69, 9.17) is 0 Å². The number of urea groups is 1. The van der Waals surface area contributed by atoms with Gasteiger partial charge in [0.2, 0.25) is 5.91 Å². The Morgan fingerprint density at radius 3 is 2.94 bits per heavy atom. The molecular formula is C10H8BrN5O2. The van der Waals surface area contributed by atoms with Crippen LogP contribution in [-0.4, -0.2) is 33.1 Å². The first-order valence-corrected chi connectivity index (χ1v) is 6.06. The molecule has 3 heterocycles. The molecule has 2 aromatic heterocycles. The lowest BCUT2D eigenvalue weighted by molar-refractivity contribution is -0.120. The van der Waals surface area contributed by atoms with Crippen LogP contribution in [0.4, 0.5) is 10.7 Å². The summed E-state index contributed by atoms with van der Waals surface area (Å²) in [5.41, 5.74) is 0.637. The summed E-state index contributed by atoms with van der Waals surface area (Å²) in [7, 11) is 0. The summed E-state index contributed by atoms with van der Waals surface area (Å²) in [6.07, 6.45) is 2.00. The lowest BCUT2D eigenvalue weighted by atomic mass is 10.3. The predicted molar refractivity (Wildman–Crippen MR) is 66.2 cm³/mol. The molecule has 0 aromatic carbocycles. The standard InChI is InChI=1S/C10H8BrN5O2/c11-6-1-2-7-12-9(14-16(7)5-6)15-4-3-8(17)13-10(15)18/h1-2,5H,3-4H2,(H,13,17,18). The Labute approximate surface area is 110 Å². The first-order valence-electron chi connectivity index (χ1n) is 5.27. The number of pyridine rings is 1. The van der Waals surface area contributed by atoms with Gasteiger partial charge in [-0.1, -0.05) is 0 Å². The van der Waals surface area contributed by atoms with E-state index in [1.165, 1.54) is 4.90 Å². The summed E-state index contributed by atoms with van der Waals surface area (Å²) >= 11 is 3.33. The van der Waals surface area contributed by atoms with E-state index in [0.717, 1.165) is 4.47 Å². The van der Waals surface area contributed by atoms with Crippen molar-refractivity contribution in [2.45, 2.75) is 6.42 Å². The van der Waals surface area contributed by atoms with Gasteiger partial charge in [-0.25, -0.2) is 9.31 Å². The van der Waals surface area contributed by atoms with Crippen molar-refractivity contribution in [3.63, 3.8) is 0 Å². The summed E-state index contributed by atoms with van der Waals surface area (Å²) in [5.74, 6) is 0.0147. The van der Waals surface area contributed by atoms with Crippen molar-refractivity contribution in [1.29, 1.82) is 0 Å². The molecule has 0 bridgehead atoms. The fraction of sp³-hybridized carbons (Fsp3) is 0.200. The third-order valence-electron chi connectivity index (χ3n) is 2.58. The molecule has 8 heteroatoms. The molecule has 0 spiro atoms. The van der Waals surface area contributed by atoms with Crippen LogP contribution < -0.4 is 10.2 Å². The van der Waals surface area contributed by atoms with Crippen molar-refractivity contribution in [3.8, 4) is 0 Å². The maximum atomic E-state index is 11.6. The Bertz CT molecular complexity index is 653. The number of aromatic nitrogens is 3. The quantitative estimate of drug-likeness (QED) is 0.850. The third kappa shape index (κ3) is 1.84. The molecule has 2 aromatic rings. The number of carbonyl (C=O) groups excluding carboxylic acids is 2. The highest BCUT2D eigenvalue weighted by Crippen LogP contribution is 2.16. The van der Waals surface area contributed by atoms with Crippen LogP contribution in [0.1, 0.15) is 6.42 Å². The number of anilines is 1. The molecule has 1 N–H and O–H groups in total. The topological polar surface area (TPSA) is 79.6 Å². The minimum atomic E-state index is -0.485. The summed E-state index contributed by atoms with van der Waals surface area (Å²) in [4.78, 5) is 28.3. The molecule has 0 saturated carbocycles. The van der Waals surface area contributed by atoms with Gasteiger partial charge in [-0.05, 0) is 28.1 Å². The minimum absolute atomic E-state index is 0.255. The molecule has 0 aliphatic carbocycles.